The summed E-state index contributed by atoms with van der Waals surface area (Å²) < 4.78 is 0. The minimum absolute atomic E-state index is 0.827. The quantitative estimate of drug-likeness (QED) is 0.743. The minimum atomic E-state index is 0.827. The summed E-state index contributed by atoms with van der Waals surface area (Å²) in [5.74, 6) is 1.71. The van der Waals surface area contributed by atoms with E-state index in [1.807, 2.05) is 7.05 Å². The van der Waals surface area contributed by atoms with Gasteiger partial charge in [-0.15, -0.1) is 0 Å². The lowest BCUT2D eigenvalue weighted by atomic mass is 10.0. The van der Waals surface area contributed by atoms with Gasteiger partial charge in [-0.05, 0) is 49.9 Å². The molecular formula is C12H17N. The minimum Gasteiger partial charge on any atom is -0.319 e. The van der Waals surface area contributed by atoms with Gasteiger partial charge >= 0.3 is 0 Å². The molecular weight excluding hydrogens is 158 g/mol. The zero-order valence-corrected chi connectivity index (χ0v) is 8.38. The van der Waals surface area contributed by atoms with Crippen molar-refractivity contribution < 1.29 is 0 Å². The van der Waals surface area contributed by atoms with Crippen molar-refractivity contribution in [2.45, 2.75) is 19.3 Å². The van der Waals surface area contributed by atoms with Gasteiger partial charge in [-0.3, -0.25) is 0 Å². The maximum absolute atomic E-state index is 3.25. The molecule has 1 aromatic rings. The second kappa shape index (κ2) is 3.51. The van der Waals surface area contributed by atoms with E-state index in [1.165, 1.54) is 18.5 Å². The molecule has 0 aliphatic heterocycles. The Morgan fingerprint density at radius 1 is 1.38 bits per heavy atom. The van der Waals surface area contributed by atoms with Crippen LogP contribution < -0.4 is 5.32 Å². The molecule has 0 bridgehead atoms. The van der Waals surface area contributed by atoms with E-state index in [1.54, 1.807) is 5.56 Å². The molecule has 1 N–H and O–H groups in total. The van der Waals surface area contributed by atoms with Crippen LogP contribution in [0, 0.1) is 12.8 Å². The summed E-state index contributed by atoms with van der Waals surface area (Å²) in [7, 11) is 2.03. The second-order valence-corrected chi connectivity index (χ2v) is 4.02. The van der Waals surface area contributed by atoms with Gasteiger partial charge < -0.3 is 5.32 Å². The first-order valence-electron chi connectivity index (χ1n) is 5.03. The van der Waals surface area contributed by atoms with Gasteiger partial charge in [-0.2, -0.15) is 0 Å². The molecule has 1 aliphatic carbocycles. The molecule has 0 aromatic heterocycles. The number of hydrogen-bond acceptors (Lipinski definition) is 1. The summed E-state index contributed by atoms with van der Waals surface area (Å²) in [6.07, 6.45) is 1.37. The molecule has 2 atom stereocenters. The van der Waals surface area contributed by atoms with Gasteiger partial charge in [0.2, 0.25) is 0 Å². The van der Waals surface area contributed by atoms with E-state index < -0.39 is 0 Å². The van der Waals surface area contributed by atoms with E-state index in [-0.39, 0.29) is 0 Å². The topological polar surface area (TPSA) is 12.0 Å². The highest BCUT2D eigenvalue weighted by molar-refractivity contribution is 5.33. The fraction of sp³-hybridized carbons (Fsp3) is 0.500. The van der Waals surface area contributed by atoms with Crippen molar-refractivity contribution in [1.82, 2.24) is 5.32 Å². The van der Waals surface area contributed by atoms with E-state index in [0.29, 0.717) is 0 Å². The predicted octanol–water partition coefficient (Wildman–Crippen LogP) is 2.32. The Balaban J connectivity index is 2.07. The molecule has 1 nitrogen and oxygen atoms in total. The van der Waals surface area contributed by atoms with Crippen LogP contribution in [-0.4, -0.2) is 13.6 Å². The van der Waals surface area contributed by atoms with Crippen LogP contribution in [0.1, 0.15) is 23.5 Å². The van der Waals surface area contributed by atoms with Crippen molar-refractivity contribution >= 4 is 0 Å². The third-order valence-corrected chi connectivity index (χ3v) is 2.98. The highest BCUT2D eigenvalue weighted by Crippen LogP contribution is 2.47. The summed E-state index contributed by atoms with van der Waals surface area (Å²) in [6, 6.07) is 8.76. The maximum atomic E-state index is 3.25. The highest BCUT2D eigenvalue weighted by Gasteiger charge is 2.37. The van der Waals surface area contributed by atoms with Crippen LogP contribution in [0.25, 0.3) is 0 Å². The standard InChI is InChI=1S/C12H17N/c1-9-5-3-4-6-11(9)12-7-10(12)8-13-2/h3-6,10,12-13H,7-8H2,1-2H3/t10-,12+/m1/s1. The lowest BCUT2D eigenvalue weighted by Crippen LogP contribution is -2.10. The molecule has 70 valence electrons. The molecule has 0 unspecified atom stereocenters. The SMILES string of the molecule is CNC[C@H]1C[C@@H]1c1ccccc1C. The van der Waals surface area contributed by atoms with E-state index in [0.717, 1.165) is 11.8 Å². The predicted molar refractivity (Wildman–Crippen MR) is 56.0 cm³/mol. The zero-order valence-electron chi connectivity index (χ0n) is 8.38. The van der Waals surface area contributed by atoms with Crippen LogP contribution >= 0.6 is 0 Å². The molecule has 1 heteroatoms. The zero-order chi connectivity index (χ0) is 9.26. The summed E-state index contributed by atoms with van der Waals surface area (Å²) in [5.41, 5.74) is 3.01. The normalized spacial score (nSPS) is 26.0. The van der Waals surface area contributed by atoms with E-state index >= 15 is 0 Å². The smallest absolute Gasteiger partial charge is 0.00174 e. The Labute approximate surface area is 80.2 Å². The monoisotopic (exact) mass is 175 g/mol. The molecule has 0 saturated heterocycles. The highest BCUT2D eigenvalue weighted by atomic mass is 14.8. The Morgan fingerprint density at radius 2 is 2.15 bits per heavy atom. The molecule has 0 heterocycles. The summed E-state index contributed by atoms with van der Waals surface area (Å²) in [6.45, 7) is 3.38. The van der Waals surface area contributed by atoms with Crippen molar-refractivity contribution in [3.63, 3.8) is 0 Å². The Hall–Kier alpha value is -0.820. The maximum Gasteiger partial charge on any atom is -0.00174 e. The fourth-order valence-corrected chi connectivity index (χ4v) is 2.12. The van der Waals surface area contributed by atoms with Crippen LogP contribution in [0.2, 0.25) is 0 Å². The van der Waals surface area contributed by atoms with E-state index in [9.17, 15) is 0 Å². The molecule has 1 aliphatic rings. The lowest BCUT2D eigenvalue weighted by Gasteiger charge is -2.03. The van der Waals surface area contributed by atoms with Gasteiger partial charge in [-0.1, -0.05) is 24.3 Å². The first-order chi connectivity index (χ1) is 6.33. The van der Waals surface area contributed by atoms with Crippen LogP contribution in [0.3, 0.4) is 0 Å². The Morgan fingerprint density at radius 3 is 2.85 bits per heavy atom. The van der Waals surface area contributed by atoms with Crippen molar-refractivity contribution in [3.05, 3.63) is 35.4 Å². The number of nitrogens with one attached hydrogen (secondary N) is 1. The molecule has 0 amide bonds. The Kier molecular flexibility index (Phi) is 2.36. The number of benzene rings is 1. The van der Waals surface area contributed by atoms with Gasteiger partial charge in [0.1, 0.15) is 0 Å². The number of hydrogen-bond donors (Lipinski definition) is 1. The number of aryl methyl sites for hydroxylation is 1. The van der Waals surface area contributed by atoms with Crippen LogP contribution in [0.15, 0.2) is 24.3 Å². The molecule has 13 heavy (non-hydrogen) atoms. The average Bonchev–Trinajstić information content (AvgIpc) is 2.86. The van der Waals surface area contributed by atoms with Crippen LogP contribution in [-0.2, 0) is 0 Å². The average molecular weight is 175 g/mol. The summed E-state index contributed by atoms with van der Waals surface area (Å²) in [4.78, 5) is 0. The first-order valence-corrected chi connectivity index (χ1v) is 5.03. The lowest BCUT2D eigenvalue weighted by molar-refractivity contribution is 0.697. The van der Waals surface area contributed by atoms with Crippen molar-refractivity contribution in [2.75, 3.05) is 13.6 Å². The van der Waals surface area contributed by atoms with E-state index in [2.05, 4.69) is 36.5 Å². The third kappa shape index (κ3) is 1.75. The molecule has 1 aromatic carbocycles. The van der Waals surface area contributed by atoms with Crippen LogP contribution in [0.4, 0.5) is 0 Å². The van der Waals surface area contributed by atoms with Gasteiger partial charge in [0.05, 0.1) is 0 Å². The van der Waals surface area contributed by atoms with Gasteiger partial charge in [-0.25, -0.2) is 0 Å². The molecule has 1 saturated carbocycles. The summed E-state index contributed by atoms with van der Waals surface area (Å²) in [5, 5.41) is 3.25. The van der Waals surface area contributed by atoms with Gasteiger partial charge in [0.25, 0.3) is 0 Å². The van der Waals surface area contributed by atoms with Crippen molar-refractivity contribution in [2.24, 2.45) is 5.92 Å². The Bertz CT molecular complexity index is 293. The van der Waals surface area contributed by atoms with Crippen molar-refractivity contribution in [1.29, 1.82) is 0 Å². The molecule has 2 rings (SSSR count). The van der Waals surface area contributed by atoms with Crippen LogP contribution in [0.5, 0.6) is 0 Å². The van der Waals surface area contributed by atoms with Crippen molar-refractivity contribution in [3.8, 4) is 0 Å². The van der Waals surface area contributed by atoms with Gasteiger partial charge in [0.15, 0.2) is 0 Å². The second-order valence-electron chi connectivity index (χ2n) is 4.02. The fourth-order valence-electron chi connectivity index (χ4n) is 2.12. The summed E-state index contributed by atoms with van der Waals surface area (Å²) >= 11 is 0. The third-order valence-electron chi connectivity index (χ3n) is 2.98. The molecule has 0 spiro atoms. The van der Waals surface area contributed by atoms with Gasteiger partial charge in [0, 0.05) is 0 Å². The number of rotatable bonds is 3. The molecule has 1 fully saturated rings. The molecule has 0 radical (unpaired) electrons. The van der Waals surface area contributed by atoms with E-state index in [4.69, 9.17) is 0 Å². The first kappa shape index (κ1) is 8.76. The largest absolute Gasteiger partial charge is 0.319 e.